The first-order valence-corrected chi connectivity index (χ1v) is 7.03. The predicted molar refractivity (Wildman–Crippen MR) is 80.4 cm³/mol. The normalized spacial score (nSPS) is 12.1. The predicted octanol–water partition coefficient (Wildman–Crippen LogP) is 2.28. The Morgan fingerprint density at radius 1 is 1.20 bits per heavy atom. The Hall–Kier alpha value is -1.62. The van der Waals surface area contributed by atoms with Crippen molar-refractivity contribution in [1.82, 2.24) is 24.9 Å². The lowest BCUT2D eigenvalue weighted by Crippen LogP contribution is -2.22. The molecule has 0 aromatic carbocycles. The lowest BCUT2D eigenvalue weighted by Gasteiger charge is -2.18. The van der Waals surface area contributed by atoms with Crippen LogP contribution in [0.15, 0.2) is 12.4 Å². The van der Waals surface area contributed by atoms with Gasteiger partial charge in [0.05, 0.1) is 17.4 Å². The summed E-state index contributed by atoms with van der Waals surface area (Å²) in [5.41, 5.74) is 4.85. The van der Waals surface area contributed by atoms with Gasteiger partial charge in [0.2, 0.25) is 0 Å². The van der Waals surface area contributed by atoms with Crippen LogP contribution in [0.2, 0.25) is 0 Å². The van der Waals surface area contributed by atoms with Gasteiger partial charge in [-0.1, -0.05) is 0 Å². The fraction of sp³-hybridized carbons (Fsp3) is 0.600. The molecule has 0 atom stereocenters. The Morgan fingerprint density at radius 2 is 1.90 bits per heavy atom. The van der Waals surface area contributed by atoms with Gasteiger partial charge in [0.1, 0.15) is 0 Å². The molecule has 0 spiro atoms. The summed E-state index contributed by atoms with van der Waals surface area (Å²) < 4.78 is 3.94. The number of hydrogen-bond acceptors (Lipinski definition) is 3. The summed E-state index contributed by atoms with van der Waals surface area (Å²) >= 11 is 0. The highest BCUT2D eigenvalue weighted by Crippen LogP contribution is 2.14. The van der Waals surface area contributed by atoms with Crippen molar-refractivity contribution in [3.63, 3.8) is 0 Å². The van der Waals surface area contributed by atoms with Crippen LogP contribution in [0.1, 0.15) is 43.3 Å². The van der Waals surface area contributed by atoms with Crippen LogP contribution in [-0.2, 0) is 25.7 Å². The topological polar surface area (TPSA) is 47.7 Å². The summed E-state index contributed by atoms with van der Waals surface area (Å²) in [5.74, 6) is 0. The SMILES string of the molecule is Cc1nn(C)c(C)c1CNCc1cnn(C(C)(C)C)c1. The van der Waals surface area contributed by atoms with Crippen LogP contribution in [-0.4, -0.2) is 19.6 Å². The molecule has 0 aliphatic heterocycles. The van der Waals surface area contributed by atoms with Gasteiger partial charge in [-0.05, 0) is 34.6 Å². The zero-order chi connectivity index (χ0) is 14.9. The fourth-order valence-electron chi connectivity index (χ4n) is 2.22. The summed E-state index contributed by atoms with van der Waals surface area (Å²) in [5, 5.41) is 12.3. The summed E-state index contributed by atoms with van der Waals surface area (Å²) in [4.78, 5) is 0. The van der Waals surface area contributed by atoms with Crippen LogP contribution >= 0.6 is 0 Å². The van der Waals surface area contributed by atoms with Crippen molar-refractivity contribution in [1.29, 1.82) is 0 Å². The monoisotopic (exact) mass is 275 g/mol. The van der Waals surface area contributed by atoms with Crippen molar-refractivity contribution in [2.24, 2.45) is 7.05 Å². The highest BCUT2D eigenvalue weighted by Gasteiger charge is 2.14. The van der Waals surface area contributed by atoms with E-state index >= 15 is 0 Å². The second-order valence-electron chi connectivity index (χ2n) is 6.34. The van der Waals surface area contributed by atoms with Crippen molar-refractivity contribution < 1.29 is 0 Å². The molecule has 0 bridgehead atoms. The Balaban J connectivity index is 1.95. The molecular weight excluding hydrogens is 250 g/mol. The van der Waals surface area contributed by atoms with E-state index in [9.17, 15) is 0 Å². The van der Waals surface area contributed by atoms with Crippen molar-refractivity contribution in [3.05, 3.63) is 34.9 Å². The molecule has 0 saturated heterocycles. The third kappa shape index (κ3) is 3.10. The molecule has 0 amide bonds. The second-order valence-corrected chi connectivity index (χ2v) is 6.34. The van der Waals surface area contributed by atoms with Gasteiger partial charge in [-0.3, -0.25) is 9.36 Å². The highest BCUT2D eigenvalue weighted by atomic mass is 15.3. The number of aromatic nitrogens is 4. The van der Waals surface area contributed by atoms with Crippen LogP contribution in [0.25, 0.3) is 0 Å². The van der Waals surface area contributed by atoms with Crippen LogP contribution in [0.5, 0.6) is 0 Å². The summed E-state index contributed by atoms with van der Waals surface area (Å²) in [6, 6.07) is 0. The van der Waals surface area contributed by atoms with E-state index in [-0.39, 0.29) is 5.54 Å². The number of aryl methyl sites for hydroxylation is 2. The Kier molecular flexibility index (Phi) is 3.99. The van der Waals surface area contributed by atoms with Crippen LogP contribution in [0, 0.1) is 13.8 Å². The largest absolute Gasteiger partial charge is 0.308 e. The average molecular weight is 275 g/mol. The number of nitrogens with one attached hydrogen (secondary N) is 1. The molecule has 1 N–H and O–H groups in total. The fourth-order valence-corrected chi connectivity index (χ4v) is 2.22. The molecule has 0 unspecified atom stereocenters. The summed E-state index contributed by atoms with van der Waals surface area (Å²) in [7, 11) is 1.99. The second kappa shape index (κ2) is 5.40. The van der Waals surface area contributed by atoms with E-state index in [1.165, 1.54) is 16.8 Å². The molecule has 2 aromatic heterocycles. The van der Waals surface area contributed by atoms with E-state index in [0.29, 0.717) is 0 Å². The van der Waals surface area contributed by atoms with E-state index < -0.39 is 0 Å². The lowest BCUT2D eigenvalue weighted by molar-refractivity contribution is 0.355. The van der Waals surface area contributed by atoms with Gasteiger partial charge >= 0.3 is 0 Å². The Bertz CT molecular complexity index is 586. The van der Waals surface area contributed by atoms with Gasteiger partial charge in [0, 0.05) is 43.2 Å². The molecule has 110 valence electrons. The van der Waals surface area contributed by atoms with Gasteiger partial charge in [0.15, 0.2) is 0 Å². The van der Waals surface area contributed by atoms with Gasteiger partial charge in [-0.15, -0.1) is 0 Å². The van der Waals surface area contributed by atoms with Gasteiger partial charge in [-0.25, -0.2) is 0 Å². The first kappa shape index (κ1) is 14.8. The maximum absolute atomic E-state index is 4.43. The number of hydrogen-bond donors (Lipinski definition) is 1. The van der Waals surface area contributed by atoms with Crippen molar-refractivity contribution in [2.45, 2.75) is 53.2 Å². The third-order valence-corrected chi connectivity index (χ3v) is 3.61. The van der Waals surface area contributed by atoms with Gasteiger partial charge in [-0.2, -0.15) is 10.2 Å². The molecule has 2 aromatic rings. The first-order chi connectivity index (χ1) is 9.29. The molecule has 0 aliphatic rings. The molecule has 0 radical (unpaired) electrons. The zero-order valence-corrected chi connectivity index (χ0v) is 13.4. The quantitative estimate of drug-likeness (QED) is 0.931. The summed E-state index contributed by atoms with van der Waals surface area (Å²) in [6.45, 7) is 12.3. The Labute approximate surface area is 121 Å². The Morgan fingerprint density at radius 3 is 2.40 bits per heavy atom. The van der Waals surface area contributed by atoms with E-state index in [4.69, 9.17) is 0 Å². The molecule has 0 saturated carbocycles. The number of nitrogens with zero attached hydrogens (tertiary/aromatic N) is 4. The highest BCUT2D eigenvalue weighted by molar-refractivity contribution is 5.24. The summed E-state index contributed by atoms with van der Waals surface area (Å²) in [6.07, 6.45) is 4.04. The van der Waals surface area contributed by atoms with Gasteiger partial charge < -0.3 is 5.32 Å². The van der Waals surface area contributed by atoms with Crippen molar-refractivity contribution in [2.75, 3.05) is 0 Å². The molecule has 5 nitrogen and oxygen atoms in total. The third-order valence-electron chi connectivity index (χ3n) is 3.61. The van der Waals surface area contributed by atoms with E-state index in [1.54, 1.807) is 0 Å². The molecule has 5 heteroatoms. The molecule has 2 rings (SSSR count). The minimum atomic E-state index is 0.0365. The van der Waals surface area contributed by atoms with Crippen molar-refractivity contribution in [3.8, 4) is 0 Å². The molecule has 0 aliphatic carbocycles. The van der Waals surface area contributed by atoms with Crippen LogP contribution in [0.4, 0.5) is 0 Å². The van der Waals surface area contributed by atoms with Crippen LogP contribution in [0.3, 0.4) is 0 Å². The van der Waals surface area contributed by atoms with Crippen LogP contribution < -0.4 is 5.32 Å². The van der Waals surface area contributed by atoms with Crippen molar-refractivity contribution >= 4 is 0 Å². The minimum Gasteiger partial charge on any atom is -0.308 e. The average Bonchev–Trinajstić information content (AvgIpc) is 2.89. The first-order valence-electron chi connectivity index (χ1n) is 7.03. The number of rotatable bonds is 4. The van der Waals surface area contributed by atoms with E-state index in [2.05, 4.69) is 56.3 Å². The zero-order valence-electron chi connectivity index (χ0n) is 13.4. The van der Waals surface area contributed by atoms with Gasteiger partial charge in [0.25, 0.3) is 0 Å². The maximum Gasteiger partial charge on any atom is 0.0641 e. The molecule has 20 heavy (non-hydrogen) atoms. The molecule has 0 fully saturated rings. The van der Waals surface area contributed by atoms with E-state index in [0.717, 1.165) is 18.8 Å². The molecule has 2 heterocycles. The maximum atomic E-state index is 4.43. The molecular formula is C15H25N5. The lowest BCUT2D eigenvalue weighted by atomic mass is 10.1. The van der Waals surface area contributed by atoms with E-state index in [1.807, 2.05) is 22.6 Å². The minimum absolute atomic E-state index is 0.0365. The smallest absolute Gasteiger partial charge is 0.0641 e. The standard InChI is InChI=1S/C15H25N5/c1-11-14(12(2)19(6)18-11)9-16-7-13-8-17-20(10-13)15(3,4)5/h8,10,16H,7,9H2,1-6H3.